The van der Waals surface area contributed by atoms with Gasteiger partial charge >= 0.3 is 0 Å². The molecule has 68 valence electrons. The molecule has 0 atom stereocenters. The SMILES string of the molecule is O=Cc1ccc(I)c(OC2CC2)c1. The molecule has 0 aromatic heterocycles. The van der Waals surface area contributed by atoms with Gasteiger partial charge in [-0.05, 0) is 47.6 Å². The van der Waals surface area contributed by atoms with Crippen molar-refractivity contribution in [1.29, 1.82) is 0 Å². The predicted molar refractivity (Wildman–Crippen MR) is 58.2 cm³/mol. The van der Waals surface area contributed by atoms with Crippen LogP contribution in [0.3, 0.4) is 0 Å². The molecule has 13 heavy (non-hydrogen) atoms. The zero-order valence-electron chi connectivity index (χ0n) is 7.00. The highest BCUT2D eigenvalue weighted by atomic mass is 127. The van der Waals surface area contributed by atoms with Crippen LogP contribution in [0, 0.1) is 3.57 Å². The van der Waals surface area contributed by atoms with Crippen LogP contribution in [-0.4, -0.2) is 12.4 Å². The van der Waals surface area contributed by atoms with Crippen LogP contribution >= 0.6 is 22.6 Å². The minimum absolute atomic E-state index is 0.385. The van der Waals surface area contributed by atoms with E-state index in [1.165, 1.54) is 0 Å². The third-order valence-corrected chi connectivity index (χ3v) is 2.80. The van der Waals surface area contributed by atoms with Crippen molar-refractivity contribution in [2.45, 2.75) is 18.9 Å². The number of carbonyl (C=O) groups is 1. The van der Waals surface area contributed by atoms with Gasteiger partial charge in [-0.1, -0.05) is 6.07 Å². The summed E-state index contributed by atoms with van der Waals surface area (Å²) in [6.45, 7) is 0. The van der Waals surface area contributed by atoms with Crippen LogP contribution in [0.2, 0.25) is 0 Å². The fraction of sp³-hybridized carbons (Fsp3) is 0.300. The molecule has 0 bridgehead atoms. The van der Waals surface area contributed by atoms with E-state index in [-0.39, 0.29) is 0 Å². The molecule has 1 fully saturated rings. The maximum atomic E-state index is 10.5. The van der Waals surface area contributed by atoms with Crippen LogP contribution in [0.5, 0.6) is 5.75 Å². The molecule has 1 aliphatic rings. The predicted octanol–water partition coefficient (Wildman–Crippen LogP) is 2.64. The fourth-order valence-electron chi connectivity index (χ4n) is 1.05. The first-order valence-electron chi connectivity index (χ1n) is 4.21. The van der Waals surface area contributed by atoms with Crippen molar-refractivity contribution in [2.75, 3.05) is 0 Å². The maximum Gasteiger partial charge on any atom is 0.150 e. The molecule has 0 heterocycles. The molecule has 3 heteroatoms. The Morgan fingerprint density at radius 1 is 1.46 bits per heavy atom. The monoisotopic (exact) mass is 288 g/mol. The lowest BCUT2D eigenvalue weighted by Crippen LogP contribution is -1.98. The van der Waals surface area contributed by atoms with E-state index >= 15 is 0 Å². The lowest BCUT2D eigenvalue weighted by Gasteiger charge is -2.06. The number of benzene rings is 1. The summed E-state index contributed by atoms with van der Waals surface area (Å²) < 4.78 is 6.70. The van der Waals surface area contributed by atoms with E-state index < -0.39 is 0 Å². The Morgan fingerprint density at radius 3 is 2.85 bits per heavy atom. The lowest BCUT2D eigenvalue weighted by molar-refractivity contribution is 0.112. The summed E-state index contributed by atoms with van der Waals surface area (Å²) in [7, 11) is 0. The van der Waals surface area contributed by atoms with E-state index in [4.69, 9.17) is 4.74 Å². The Bertz CT molecular complexity index is 332. The highest BCUT2D eigenvalue weighted by Crippen LogP contribution is 2.30. The van der Waals surface area contributed by atoms with Crippen LogP contribution in [0.4, 0.5) is 0 Å². The Kier molecular flexibility index (Phi) is 2.53. The van der Waals surface area contributed by atoms with Crippen molar-refractivity contribution < 1.29 is 9.53 Å². The average molecular weight is 288 g/mol. The van der Waals surface area contributed by atoms with Crippen molar-refractivity contribution in [1.82, 2.24) is 0 Å². The van der Waals surface area contributed by atoms with Crippen molar-refractivity contribution in [3.63, 3.8) is 0 Å². The van der Waals surface area contributed by atoms with Gasteiger partial charge in [-0.25, -0.2) is 0 Å². The van der Waals surface area contributed by atoms with Gasteiger partial charge in [0.25, 0.3) is 0 Å². The second-order valence-corrected chi connectivity index (χ2v) is 4.29. The van der Waals surface area contributed by atoms with Gasteiger partial charge in [0.1, 0.15) is 12.0 Å². The Morgan fingerprint density at radius 2 is 2.23 bits per heavy atom. The largest absolute Gasteiger partial charge is 0.489 e. The quantitative estimate of drug-likeness (QED) is 0.631. The Balaban J connectivity index is 2.24. The number of ether oxygens (including phenoxy) is 1. The standard InChI is InChI=1S/C10H9IO2/c11-9-4-1-7(6-12)5-10(9)13-8-2-3-8/h1,4-6,8H,2-3H2. The van der Waals surface area contributed by atoms with Crippen molar-refractivity contribution in [3.8, 4) is 5.75 Å². The van der Waals surface area contributed by atoms with E-state index in [0.717, 1.165) is 28.4 Å². The molecule has 0 aliphatic heterocycles. The van der Waals surface area contributed by atoms with Crippen LogP contribution in [0.25, 0.3) is 0 Å². The zero-order chi connectivity index (χ0) is 9.26. The van der Waals surface area contributed by atoms with Gasteiger partial charge in [-0.3, -0.25) is 4.79 Å². The van der Waals surface area contributed by atoms with Gasteiger partial charge in [0.15, 0.2) is 0 Å². The van der Waals surface area contributed by atoms with E-state index in [9.17, 15) is 4.79 Å². The number of hydrogen-bond donors (Lipinski definition) is 0. The van der Waals surface area contributed by atoms with Crippen LogP contribution in [-0.2, 0) is 0 Å². The number of halogens is 1. The molecule has 0 unspecified atom stereocenters. The van der Waals surface area contributed by atoms with Crippen molar-refractivity contribution >= 4 is 28.9 Å². The summed E-state index contributed by atoms with van der Waals surface area (Å²) in [4.78, 5) is 10.5. The topological polar surface area (TPSA) is 26.3 Å². The van der Waals surface area contributed by atoms with Gasteiger partial charge in [0, 0.05) is 5.56 Å². The minimum atomic E-state index is 0.385. The van der Waals surface area contributed by atoms with Gasteiger partial charge in [-0.15, -0.1) is 0 Å². The summed E-state index contributed by atoms with van der Waals surface area (Å²) >= 11 is 2.21. The van der Waals surface area contributed by atoms with Gasteiger partial charge in [0.2, 0.25) is 0 Å². The van der Waals surface area contributed by atoms with Crippen LogP contribution in [0.1, 0.15) is 23.2 Å². The third-order valence-electron chi connectivity index (χ3n) is 1.91. The Labute approximate surface area is 90.4 Å². The summed E-state index contributed by atoms with van der Waals surface area (Å²) in [6.07, 6.45) is 3.51. The zero-order valence-corrected chi connectivity index (χ0v) is 9.15. The van der Waals surface area contributed by atoms with Crippen LogP contribution in [0.15, 0.2) is 18.2 Å². The minimum Gasteiger partial charge on any atom is -0.489 e. The normalized spacial score (nSPS) is 15.5. The second-order valence-electron chi connectivity index (χ2n) is 3.12. The van der Waals surface area contributed by atoms with Gasteiger partial charge < -0.3 is 4.74 Å². The summed E-state index contributed by atoms with van der Waals surface area (Å²) in [5, 5.41) is 0. The summed E-state index contributed by atoms with van der Waals surface area (Å²) in [5.41, 5.74) is 0.677. The molecule has 2 nitrogen and oxygen atoms in total. The van der Waals surface area contributed by atoms with E-state index in [0.29, 0.717) is 11.7 Å². The lowest BCUT2D eigenvalue weighted by atomic mass is 10.2. The van der Waals surface area contributed by atoms with E-state index in [1.807, 2.05) is 6.07 Å². The molecule has 0 amide bonds. The number of rotatable bonds is 3. The van der Waals surface area contributed by atoms with Crippen LogP contribution < -0.4 is 4.74 Å². The van der Waals surface area contributed by atoms with Gasteiger partial charge in [-0.2, -0.15) is 0 Å². The highest BCUT2D eigenvalue weighted by molar-refractivity contribution is 14.1. The van der Waals surface area contributed by atoms with Crippen molar-refractivity contribution in [2.24, 2.45) is 0 Å². The van der Waals surface area contributed by atoms with Crippen molar-refractivity contribution in [3.05, 3.63) is 27.3 Å². The first-order valence-corrected chi connectivity index (χ1v) is 5.29. The molecule has 1 aliphatic carbocycles. The third kappa shape index (κ3) is 2.21. The highest BCUT2D eigenvalue weighted by Gasteiger charge is 2.24. The first-order chi connectivity index (χ1) is 6.29. The van der Waals surface area contributed by atoms with Gasteiger partial charge in [0.05, 0.1) is 9.67 Å². The molecule has 0 N–H and O–H groups in total. The first kappa shape index (κ1) is 8.99. The summed E-state index contributed by atoms with van der Waals surface area (Å²) in [5.74, 6) is 0.840. The molecular weight excluding hydrogens is 279 g/mol. The molecule has 1 aromatic rings. The molecule has 1 aromatic carbocycles. The summed E-state index contributed by atoms with van der Waals surface area (Å²) in [6, 6.07) is 5.50. The van der Waals surface area contributed by atoms with E-state index in [1.54, 1.807) is 12.1 Å². The molecule has 2 rings (SSSR count). The molecular formula is C10H9IO2. The fourth-order valence-corrected chi connectivity index (χ4v) is 1.51. The number of aldehydes is 1. The molecule has 0 saturated heterocycles. The molecule has 1 saturated carbocycles. The smallest absolute Gasteiger partial charge is 0.150 e. The number of hydrogen-bond acceptors (Lipinski definition) is 2. The van der Waals surface area contributed by atoms with E-state index in [2.05, 4.69) is 22.6 Å². The average Bonchev–Trinajstić information content (AvgIpc) is 2.93. The Hall–Kier alpha value is -0.580. The number of carbonyl (C=O) groups excluding carboxylic acids is 1. The molecule has 0 spiro atoms. The molecule has 0 radical (unpaired) electrons. The maximum absolute atomic E-state index is 10.5. The second kappa shape index (κ2) is 3.65.